The number of hydrogen-bond donors (Lipinski definition) is 8. The number of carbonyl (C=O) groups is 1. The number of carboxylic acid groups (broad SMARTS) is 1. The van der Waals surface area contributed by atoms with Crippen LogP contribution in [0.5, 0.6) is 0 Å². The standard InChI is InChI=1S/C20H34O5.C4H11NO3/c1-2-3-6-9-15(21)12-13-17-16(18(22)14-19(17)23)10-7-4-5-8-11-20(24)25;5-4(1-6,2-7)3-8/h4,7,12-13,15-19,21-23H,2-3,5-6,8-11,14H2,1H3,(H,24,25);6-8H,1-3,5H2/b7-4+,13-12+;. The summed E-state index contributed by atoms with van der Waals surface area (Å²) in [5.41, 5.74) is 3.94. The Hall–Kier alpha value is -1.33. The fourth-order valence-corrected chi connectivity index (χ4v) is 3.56. The fourth-order valence-electron chi connectivity index (χ4n) is 3.56. The number of hydrogen-bond acceptors (Lipinski definition) is 8. The zero-order valence-corrected chi connectivity index (χ0v) is 19.8. The molecule has 1 aliphatic carbocycles. The number of rotatable bonds is 15. The average molecular weight is 476 g/mol. The van der Waals surface area contributed by atoms with Gasteiger partial charge in [-0.25, -0.2) is 0 Å². The summed E-state index contributed by atoms with van der Waals surface area (Å²) in [5, 5.41) is 64.0. The quantitative estimate of drug-likeness (QED) is 0.125. The summed E-state index contributed by atoms with van der Waals surface area (Å²) in [6.45, 7) is 0.915. The van der Waals surface area contributed by atoms with Gasteiger partial charge in [0.25, 0.3) is 0 Å². The molecule has 0 aromatic carbocycles. The molecule has 0 amide bonds. The highest BCUT2D eigenvalue weighted by Gasteiger charge is 2.39. The number of carboxylic acids is 1. The van der Waals surface area contributed by atoms with E-state index in [1.165, 1.54) is 0 Å². The minimum absolute atomic E-state index is 0.0650. The highest BCUT2D eigenvalue weighted by molar-refractivity contribution is 5.66. The maximum atomic E-state index is 10.5. The first-order valence-corrected chi connectivity index (χ1v) is 11.8. The molecule has 33 heavy (non-hydrogen) atoms. The second-order valence-corrected chi connectivity index (χ2v) is 8.89. The third-order valence-corrected chi connectivity index (χ3v) is 5.86. The van der Waals surface area contributed by atoms with E-state index in [0.717, 1.165) is 25.7 Å². The number of aliphatic carboxylic acids is 1. The van der Waals surface area contributed by atoms with Gasteiger partial charge >= 0.3 is 5.97 Å². The van der Waals surface area contributed by atoms with Crippen molar-refractivity contribution in [3.63, 3.8) is 0 Å². The largest absolute Gasteiger partial charge is 0.481 e. The first-order valence-electron chi connectivity index (χ1n) is 11.8. The lowest BCUT2D eigenvalue weighted by molar-refractivity contribution is -0.137. The van der Waals surface area contributed by atoms with Crippen LogP contribution in [-0.4, -0.2) is 85.4 Å². The smallest absolute Gasteiger partial charge is 0.303 e. The van der Waals surface area contributed by atoms with Gasteiger partial charge in [-0.05, 0) is 31.6 Å². The van der Waals surface area contributed by atoms with E-state index in [-0.39, 0.29) is 18.3 Å². The first kappa shape index (κ1) is 31.7. The van der Waals surface area contributed by atoms with Crippen LogP contribution in [0.15, 0.2) is 24.3 Å². The van der Waals surface area contributed by atoms with Gasteiger partial charge in [0.2, 0.25) is 0 Å². The maximum absolute atomic E-state index is 10.5. The second kappa shape index (κ2) is 18.1. The SMILES string of the molecule is CCCCCC(O)/C=C/C1C(O)CC(O)C1C/C=C/CCCC(=O)O.NC(CO)(CO)CO. The van der Waals surface area contributed by atoms with Crippen LogP contribution in [-0.2, 0) is 4.79 Å². The molecule has 9 heteroatoms. The molecule has 1 saturated carbocycles. The topological polar surface area (TPSA) is 185 Å². The number of nitrogens with two attached hydrogens (primary N) is 1. The normalized spacial score (nSPS) is 24.2. The van der Waals surface area contributed by atoms with Crippen molar-refractivity contribution in [1.29, 1.82) is 0 Å². The van der Waals surface area contributed by atoms with E-state index in [9.17, 15) is 20.1 Å². The van der Waals surface area contributed by atoms with Gasteiger partial charge in [0.1, 0.15) is 0 Å². The summed E-state index contributed by atoms with van der Waals surface area (Å²) in [4.78, 5) is 10.5. The molecular weight excluding hydrogens is 430 g/mol. The Labute approximate surface area is 197 Å². The van der Waals surface area contributed by atoms with Crippen molar-refractivity contribution in [3.8, 4) is 0 Å². The van der Waals surface area contributed by atoms with Crippen LogP contribution in [0, 0.1) is 11.8 Å². The van der Waals surface area contributed by atoms with Gasteiger partial charge in [-0.2, -0.15) is 0 Å². The number of aliphatic hydroxyl groups is 6. The van der Waals surface area contributed by atoms with Crippen molar-refractivity contribution in [3.05, 3.63) is 24.3 Å². The maximum Gasteiger partial charge on any atom is 0.303 e. The molecule has 194 valence electrons. The Balaban J connectivity index is 0.00000109. The van der Waals surface area contributed by atoms with E-state index in [1.807, 2.05) is 18.2 Å². The molecule has 9 nitrogen and oxygen atoms in total. The summed E-state index contributed by atoms with van der Waals surface area (Å²) in [7, 11) is 0. The third kappa shape index (κ3) is 13.8. The summed E-state index contributed by atoms with van der Waals surface area (Å²) in [6, 6.07) is 0. The summed E-state index contributed by atoms with van der Waals surface area (Å²) >= 11 is 0. The van der Waals surface area contributed by atoms with Crippen molar-refractivity contribution in [2.75, 3.05) is 19.8 Å². The molecule has 1 rings (SSSR count). The minimum atomic E-state index is -1.21. The van der Waals surface area contributed by atoms with Gasteiger partial charge in [0, 0.05) is 18.8 Å². The van der Waals surface area contributed by atoms with Crippen LogP contribution in [0.25, 0.3) is 0 Å². The number of unbranched alkanes of at least 4 members (excludes halogenated alkanes) is 3. The zero-order chi connectivity index (χ0) is 25.3. The summed E-state index contributed by atoms with van der Waals surface area (Å²) in [5.74, 6) is -1.00. The van der Waals surface area contributed by atoms with Gasteiger partial charge in [-0.3, -0.25) is 4.79 Å². The summed E-state index contributed by atoms with van der Waals surface area (Å²) in [6.07, 6.45) is 12.3. The molecule has 0 radical (unpaired) electrons. The van der Waals surface area contributed by atoms with Gasteiger partial charge in [-0.1, -0.05) is 50.5 Å². The van der Waals surface area contributed by atoms with Crippen molar-refractivity contribution in [1.82, 2.24) is 0 Å². The lowest BCUT2D eigenvalue weighted by Crippen LogP contribution is -2.50. The van der Waals surface area contributed by atoms with Crippen LogP contribution < -0.4 is 5.73 Å². The van der Waals surface area contributed by atoms with E-state index in [4.69, 9.17) is 26.2 Å². The van der Waals surface area contributed by atoms with E-state index in [2.05, 4.69) is 6.92 Å². The highest BCUT2D eigenvalue weighted by Crippen LogP contribution is 2.36. The molecule has 0 spiro atoms. The van der Waals surface area contributed by atoms with Crippen LogP contribution in [0.3, 0.4) is 0 Å². The average Bonchev–Trinajstić information content (AvgIpc) is 3.06. The van der Waals surface area contributed by atoms with Gasteiger partial charge < -0.3 is 41.5 Å². The van der Waals surface area contributed by atoms with Gasteiger partial charge in [-0.15, -0.1) is 0 Å². The molecule has 0 aromatic heterocycles. The predicted molar refractivity (Wildman–Crippen MR) is 126 cm³/mol. The van der Waals surface area contributed by atoms with E-state index < -0.39 is 49.6 Å². The Morgan fingerprint density at radius 1 is 1.06 bits per heavy atom. The Morgan fingerprint density at radius 3 is 2.21 bits per heavy atom. The van der Waals surface area contributed by atoms with E-state index in [1.54, 1.807) is 6.08 Å². The second-order valence-electron chi connectivity index (χ2n) is 8.89. The third-order valence-electron chi connectivity index (χ3n) is 5.86. The minimum Gasteiger partial charge on any atom is -0.481 e. The van der Waals surface area contributed by atoms with Crippen LogP contribution in [0.1, 0.15) is 64.7 Å². The monoisotopic (exact) mass is 475 g/mol. The van der Waals surface area contributed by atoms with Crippen molar-refractivity contribution in [2.45, 2.75) is 88.6 Å². The molecule has 0 aliphatic heterocycles. The molecule has 0 aromatic rings. The molecule has 0 saturated heterocycles. The molecule has 1 aliphatic rings. The van der Waals surface area contributed by atoms with Crippen LogP contribution >= 0.6 is 0 Å². The Bertz CT molecular complexity index is 556. The molecule has 0 heterocycles. The molecule has 5 unspecified atom stereocenters. The van der Waals surface area contributed by atoms with Crippen molar-refractivity contribution in [2.24, 2.45) is 17.6 Å². The lowest BCUT2D eigenvalue weighted by Gasteiger charge is -2.20. The molecule has 1 fully saturated rings. The summed E-state index contributed by atoms with van der Waals surface area (Å²) < 4.78 is 0. The predicted octanol–water partition coefficient (Wildman–Crippen LogP) is 0.704. The number of aliphatic hydroxyl groups excluding tert-OH is 6. The van der Waals surface area contributed by atoms with Crippen molar-refractivity contribution < 1.29 is 40.5 Å². The number of allylic oxidation sites excluding steroid dienone is 2. The van der Waals surface area contributed by atoms with E-state index >= 15 is 0 Å². The molecule has 0 bridgehead atoms. The van der Waals surface area contributed by atoms with Crippen LogP contribution in [0.2, 0.25) is 0 Å². The highest BCUT2D eigenvalue weighted by atomic mass is 16.4. The van der Waals surface area contributed by atoms with Gasteiger partial charge in [0.15, 0.2) is 0 Å². The Morgan fingerprint density at radius 2 is 1.70 bits per heavy atom. The lowest BCUT2D eigenvalue weighted by atomic mass is 9.89. The van der Waals surface area contributed by atoms with E-state index in [0.29, 0.717) is 25.7 Å². The first-order chi connectivity index (χ1) is 15.6. The molecular formula is C24H45NO8. The molecule has 5 atom stereocenters. The fraction of sp³-hybridized carbons (Fsp3) is 0.792. The van der Waals surface area contributed by atoms with Crippen LogP contribution in [0.4, 0.5) is 0 Å². The Kier molecular flexibility index (Phi) is 17.3. The molecule has 9 N–H and O–H groups in total. The zero-order valence-electron chi connectivity index (χ0n) is 19.8. The van der Waals surface area contributed by atoms with Crippen molar-refractivity contribution >= 4 is 5.97 Å². The van der Waals surface area contributed by atoms with Gasteiger partial charge in [0.05, 0.1) is 43.7 Å².